The van der Waals surface area contributed by atoms with Crippen LogP contribution in [0, 0.1) is 11.8 Å². The first kappa shape index (κ1) is 40.0. The molecular formula is C47H58N2O6. The summed E-state index contributed by atoms with van der Waals surface area (Å²) in [5.41, 5.74) is 11.7. The summed E-state index contributed by atoms with van der Waals surface area (Å²) in [7, 11) is 0. The topological polar surface area (TPSA) is 120 Å². The van der Waals surface area contributed by atoms with E-state index in [1.54, 1.807) is 12.1 Å². The van der Waals surface area contributed by atoms with Crippen LogP contribution in [-0.2, 0) is 4.74 Å². The summed E-state index contributed by atoms with van der Waals surface area (Å²) in [6, 6.07) is 31.6. The van der Waals surface area contributed by atoms with Crippen molar-refractivity contribution in [2.24, 2.45) is 17.6 Å². The van der Waals surface area contributed by atoms with Crippen molar-refractivity contribution in [2.75, 3.05) is 32.9 Å². The standard InChI is InChI=1S/C31H33NO4.C16H25NO2/c33-30(23-11-8-12-24(19-23)35-20-22-9-2-1-3-10-22)17-18-32-31(34)36-21-29-27-15-6-4-13-25(27)26-14-5-7-16-28(26)29;17-10-9-16(18)14-7-4-8-15(11-14)19-12-13-5-2-1-3-6-13/h4-8,11-16,19,22,29H,1-3,9-10,17-18,20-21H2,(H,32,34);4,7-8,11,13,16,18H,1-3,5-6,9-10,12,17H2/t;16-/m.1/s1. The van der Waals surface area contributed by atoms with Gasteiger partial charge in [-0.3, -0.25) is 4.79 Å². The molecule has 0 aliphatic heterocycles. The van der Waals surface area contributed by atoms with Gasteiger partial charge in [0.2, 0.25) is 0 Å². The summed E-state index contributed by atoms with van der Waals surface area (Å²) in [5.74, 6) is 2.89. The molecule has 7 rings (SSSR count). The number of ketones is 1. The SMILES string of the molecule is NCC[C@@H](O)c1cccc(OCC2CCCCC2)c1.O=C(NCCC(=O)c1cccc(OCC2CCCCC2)c1)OCC1c2ccccc2-c2ccccc21. The molecule has 1 atom stereocenters. The molecule has 0 aromatic heterocycles. The maximum atomic E-state index is 12.7. The molecule has 4 N–H and O–H groups in total. The van der Waals surface area contributed by atoms with Gasteiger partial charge in [-0.25, -0.2) is 4.79 Å². The highest BCUT2D eigenvalue weighted by molar-refractivity contribution is 5.96. The number of aliphatic hydroxyl groups excluding tert-OH is 1. The Balaban J connectivity index is 0.000000228. The van der Waals surface area contributed by atoms with E-state index < -0.39 is 12.2 Å². The molecule has 0 bridgehead atoms. The molecule has 3 aliphatic carbocycles. The minimum atomic E-state index is -0.505. The Labute approximate surface area is 326 Å². The van der Waals surface area contributed by atoms with Crippen molar-refractivity contribution in [3.63, 3.8) is 0 Å². The maximum Gasteiger partial charge on any atom is 0.407 e. The van der Waals surface area contributed by atoms with Gasteiger partial charge < -0.3 is 30.4 Å². The van der Waals surface area contributed by atoms with Gasteiger partial charge in [-0.15, -0.1) is 0 Å². The van der Waals surface area contributed by atoms with Crippen LogP contribution in [0.15, 0.2) is 97.1 Å². The Kier molecular flexibility index (Phi) is 15.2. The fourth-order valence-electron chi connectivity index (χ4n) is 8.10. The summed E-state index contributed by atoms with van der Waals surface area (Å²) < 4.78 is 17.4. The highest BCUT2D eigenvalue weighted by Gasteiger charge is 2.29. The predicted molar refractivity (Wildman–Crippen MR) is 218 cm³/mol. The van der Waals surface area contributed by atoms with Crippen LogP contribution in [0.4, 0.5) is 4.79 Å². The average molecular weight is 747 g/mol. The number of alkyl carbamates (subject to hydrolysis) is 1. The molecule has 0 unspecified atom stereocenters. The van der Waals surface area contributed by atoms with Crippen molar-refractivity contribution in [1.82, 2.24) is 5.32 Å². The van der Waals surface area contributed by atoms with Crippen LogP contribution in [0.3, 0.4) is 0 Å². The van der Waals surface area contributed by atoms with Crippen LogP contribution >= 0.6 is 0 Å². The van der Waals surface area contributed by atoms with Crippen LogP contribution in [0.5, 0.6) is 11.5 Å². The Morgan fingerprint density at radius 3 is 1.85 bits per heavy atom. The lowest BCUT2D eigenvalue weighted by molar-refractivity contribution is 0.0980. The highest BCUT2D eigenvalue weighted by atomic mass is 16.5. The molecule has 0 radical (unpaired) electrons. The fraction of sp³-hybridized carbons (Fsp3) is 0.447. The van der Waals surface area contributed by atoms with Gasteiger partial charge in [0.25, 0.3) is 0 Å². The van der Waals surface area contributed by atoms with Crippen LogP contribution in [0.1, 0.15) is 116 Å². The molecule has 1 amide bonds. The second kappa shape index (κ2) is 20.9. The van der Waals surface area contributed by atoms with Gasteiger partial charge in [-0.1, -0.05) is 111 Å². The van der Waals surface area contributed by atoms with E-state index in [2.05, 4.69) is 29.6 Å². The number of rotatable bonds is 15. The Morgan fingerprint density at radius 1 is 0.691 bits per heavy atom. The van der Waals surface area contributed by atoms with Crippen molar-refractivity contribution in [3.8, 4) is 22.6 Å². The normalized spacial score (nSPS) is 16.2. The third kappa shape index (κ3) is 11.7. The number of nitrogens with two attached hydrogens (primary N) is 1. The Bertz CT molecular complexity index is 1770. The van der Waals surface area contributed by atoms with Crippen LogP contribution in [0.2, 0.25) is 0 Å². The number of ether oxygens (including phenoxy) is 3. The van der Waals surface area contributed by atoms with Gasteiger partial charge in [0.05, 0.1) is 19.3 Å². The molecule has 55 heavy (non-hydrogen) atoms. The summed E-state index contributed by atoms with van der Waals surface area (Å²) in [6.07, 6.45) is 12.8. The zero-order chi connectivity index (χ0) is 38.2. The number of fused-ring (bicyclic) bond motifs is 3. The van der Waals surface area contributed by atoms with E-state index in [9.17, 15) is 14.7 Å². The molecular weight excluding hydrogens is 689 g/mol. The molecule has 2 saturated carbocycles. The zero-order valence-corrected chi connectivity index (χ0v) is 32.1. The van der Waals surface area contributed by atoms with E-state index >= 15 is 0 Å². The van der Waals surface area contributed by atoms with E-state index in [0.717, 1.165) is 23.7 Å². The molecule has 8 heteroatoms. The lowest BCUT2D eigenvalue weighted by Gasteiger charge is -2.22. The quantitative estimate of drug-likeness (QED) is 0.104. The minimum absolute atomic E-state index is 0.0149. The van der Waals surface area contributed by atoms with Crippen LogP contribution in [-0.4, -0.2) is 49.9 Å². The van der Waals surface area contributed by atoms with Gasteiger partial charge in [-0.2, -0.15) is 0 Å². The van der Waals surface area contributed by atoms with Gasteiger partial charge in [0.15, 0.2) is 5.78 Å². The predicted octanol–water partition coefficient (Wildman–Crippen LogP) is 9.79. The van der Waals surface area contributed by atoms with Gasteiger partial charge in [0, 0.05) is 24.4 Å². The molecule has 0 spiro atoms. The summed E-state index contributed by atoms with van der Waals surface area (Å²) in [4.78, 5) is 25.0. The Morgan fingerprint density at radius 2 is 1.25 bits per heavy atom. The maximum absolute atomic E-state index is 12.7. The smallest absolute Gasteiger partial charge is 0.407 e. The number of hydrogen-bond donors (Lipinski definition) is 3. The lowest BCUT2D eigenvalue weighted by atomic mass is 9.90. The van der Waals surface area contributed by atoms with Gasteiger partial charge in [-0.05, 0) is 103 Å². The number of Topliss-reactive ketones (excluding diaryl/α,β-unsaturated/α-hetero) is 1. The molecule has 0 saturated heterocycles. The second-order valence-corrected chi connectivity index (χ2v) is 15.2. The first-order valence-corrected chi connectivity index (χ1v) is 20.4. The monoisotopic (exact) mass is 746 g/mol. The third-order valence-electron chi connectivity index (χ3n) is 11.2. The van der Waals surface area contributed by atoms with E-state index in [4.69, 9.17) is 19.9 Å². The first-order chi connectivity index (χ1) is 27.0. The number of amides is 1. The fourth-order valence-corrected chi connectivity index (χ4v) is 8.10. The van der Waals surface area contributed by atoms with Gasteiger partial charge >= 0.3 is 6.09 Å². The van der Waals surface area contributed by atoms with Crippen molar-refractivity contribution >= 4 is 11.9 Å². The number of hydrogen-bond acceptors (Lipinski definition) is 7. The molecule has 0 heterocycles. The number of carbonyl (C=O) groups is 2. The number of aliphatic hydroxyl groups is 1. The molecule has 8 nitrogen and oxygen atoms in total. The number of nitrogens with one attached hydrogen (secondary N) is 1. The van der Waals surface area contributed by atoms with E-state index in [-0.39, 0.29) is 31.3 Å². The highest BCUT2D eigenvalue weighted by Crippen LogP contribution is 2.44. The lowest BCUT2D eigenvalue weighted by Crippen LogP contribution is -2.28. The molecule has 4 aromatic carbocycles. The third-order valence-corrected chi connectivity index (χ3v) is 11.2. The van der Waals surface area contributed by atoms with Crippen LogP contribution in [0.25, 0.3) is 11.1 Å². The molecule has 4 aromatic rings. The van der Waals surface area contributed by atoms with Crippen molar-refractivity contribution in [1.29, 1.82) is 0 Å². The second-order valence-electron chi connectivity index (χ2n) is 15.2. The van der Waals surface area contributed by atoms with Crippen molar-refractivity contribution in [2.45, 2.75) is 89.1 Å². The Hall–Kier alpha value is -4.66. The van der Waals surface area contributed by atoms with E-state index in [1.165, 1.54) is 86.5 Å². The largest absolute Gasteiger partial charge is 0.493 e. The van der Waals surface area contributed by atoms with E-state index in [0.29, 0.717) is 37.0 Å². The molecule has 2 fully saturated rings. The average Bonchev–Trinajstić information content (AvgIpc) is 3.56. The number of benzene rings is 4. The van der Waals surface area contributed by atoms with Crippen LogP contribution < -0.4 is 20.5 Å². The summed E-state index contributed by atoms with van der Waals surface area (Å²) in [6.45, 7) is 2.49. The molecule has 292 valence electrons. The molecule has 3 aliphatic rings. The summed E-state index contributed by atoms with van der Waals surface area (Å²) >= 11 is 0. The van der Waals surface area contributed by atoms with Crippen molar-refractivity contribution in [3.05, 3.63) is 119 Å². The minimum Gasteiger partial charge on any atom is -0.493 e. The van der Waals surface area contributed by atoms with E-state index in [1.807, 2.05) is 60.7 Å². The van der Waals surface area contributed by atoms with Crippen molar-refractivity contribution < 1.29 is 28.9 Å². The summed E-state index contributed by atoms with van der Waals surface area (Å²) in [5, 5.41) is 12.7. The number of carbonyl (C=O) groups excluding carboxylic acids is 2. The zero-order valence-electron chi connectivity index (χ0n) is 32.1. The van der Waals surface area contributed by atoms with Gasteiger partial charge in [0.1, 0.15) is 18.1 Å². The first-order valence-electron chi connectivity index (χ1n) is 20.4.